The SMILES string of the molecule is Nc1nc(CC(=O)Nc2ccc(CC(O)(O)NCCc3c(O)c(O)c(O)c(O)c3O)cc2)cs1. The van der Waals surface area contributed by atoms with Crippen molar-refractivity contribution in [3.63, 3.8) is 0 Å². The van der Waals surface area contributed by atoms with Gasteiger partial charge >= 0.3 is 0 Å². The van der Waals surface area contributed by atoms with Gasteiger partial charge in [0.05, 0.1) is 12.1 Å². The monoisotopic (exact) mass is 492 g/mol. The molecular weight excluding hydrogens is 468 g/mol. The highest BCUT2D eigenvalue weighted by Gasteiger charge is 2.26. The average molecular weight is 493 g/mol. The van der Waals surface area contributed by atoms with Gasteiger partial charge in [0, 0.05) is 29.6 Å². The van der Waals surface area contributed by atoms with E-state index in [-0.39, 0.29) is 37.3 Å². The van der Waals surface area contributed by atoms with Crippen LogP contribution in [0, 0.1) is 0 Å². The second kappa shape index (κ2) is 10.0. The number of benzene rings is 2. The number of aromatic nitrogens is 1. The Morgan fingerprint density at radius 2 is 1.56 bits per heavy atom. The molecule has 0 saturated heterocycles. The van der Waals surface area contributed by atoms with Gasteiger partial charge in [0.25, 0.3) is 0 Å². The normalized spacial score (nSPS) is 11.5. The number of aliphatic hydroxyl groups is 2. The van der Waals surface area contributed by atoms with Crippen molar-refractivity contribution in [3.05, 3.63) is 46.5 Å². The first-order valence-electron chi connectivity index (χ1n) is 9.93. The molecule has 0 atom stereocenters. The summed E-state index contributed by atoms with van der Waals surface area (Å²) >= 11 is 1.24. The van der Waals surface area contributed by atoms with Crippen LogP contribution < -0.4 is 16.4 Å². The van der Waals surface area contributed by atoms with Crippen LogP contribution in [0.15, 0.2) is 29.6 Å². The second-order valence-electron chi connectivity index (χ2n) is 7.49. The van der Waals surface area contributed by atoms with Crippen molar-refractivity contribution in [1.82, 2.24) is 10.3 Å². The number of rotatable bonds is 9. The van der Waals surface area contributed by atoms with Gasteiger partial charge in [-0.3, -0.25) is 10.1 Å². The molecule has 0 aliphatic rings. The Morgan fingerprint density at radius 1 is 0.971 bits per heavy atom. The topological polar surface area (TPSA) is 222 Å². The molecule has 182 valence electrons. The molecule has 12 nitrogen and oxygen atoms in total. The van der Waals surface area contributed by atoms with Crippen LogP contribution in [-0.4, -0.2) is 59.1 Å². The van der Waals surface area contributed by atoms with Crippen molar-refractivity contribution in [2.24, 2.45) is 0 Å². The fraction of sp³-hybridized carbons (Fsp3) is 0.238. The number of phenolic OH excluding ortho intramolecular Hbond substituents is 5. The molecule has 1 amide bonds. The minimum Gasteiger partial charge on any atom is -0.504 e. The van der Waals surface area contributed by atoms with E-state index in [0.29, 0.717) is 22.1 Å². The zero-order chi connectivity index (χ0) is 25.0. The third kappa shape index (κ3) is 5.96. The molecule has 0 saturated carbocycles. The van der Waals surface area contributed by atoms with E-state index in [1.54, 1.807) is 29.6 Å². The summed E-state index contributed by atoms with van der Waals surface area (Å²) in [6.07, 6.45) is -0.404. The highest BCUT2D eigenvalue weighted by molar-refractivity contribution is 7.13. The highest BCUT2D eigenvalue weighted by atomic mass is 32.1. The summed E-state index contributed by atoms with van der Waals surface area (Å²) in [5.74, 6) is -7.42. The number of nitrogens with zero attached hydrogens (tertiary/aromatic N) is 1. The second-order valence-corrected chi connectivity index (χ2v) is 8.38. The largest absolute Gasteiger partial charge is 0.504 e. The molecule has 0 aliphatic heterocycles. The van der Waals surface area contributed by atoms with Gasteiger partial charge in [-0.25, -0.2) is 4.98 Å². The Balaban J connectivity index is 1.53. The number of anilines is 2. The molecule has 1 heterocycles. The summed E-state index contributed by atoms with van der Waals surface area (Å²) < 4.78 is 0. The quantitative estimate of drug-likeness (QED) is 0.112. The zero-order valence-corrected chi connectivity index (χ0v) is 18.5. The number of nitrogen functional groups attached to an aromatic ring is 1. The first kappa shape index (κ1) is 24.9. The number of amides is 1. The van der Waals surface area contributed by atoms with Crippen LogP contribution in [0.2, 0.25) is 0 Å². The summed E-state index contributed by atoms with van der Waals surface area (Å²) in [5, 5.41) is 75.9. The Kier molecular flexibility index (Phi) is 7.32. The van der Waals surface area contributed by atoms with Gasteiger partial charge in [-0.05, 0) is 24.1 Å². The Bertz CT molecular complexity index is 1150. The minimum absolute atomic E-state index is 0.0669. The first-order valence-corrected chi connectivity index (χ1v) is 10.8. The van der Waals surface area contributed by atoms with Crippen molar-refractivity contribution >= 4 is 28.1 Å². The Morgan fingerprint density at radius 3 is 2.12 bits per heavy atom. The van der Waals surface area contributed by atoms with E-state index in [2.05, 4.69) is 15.6 Å². The van der Waals surface area contributed by atoms with Crippen LogP contribution in [0.1, 0.15) is 16.8 Å². The molecule has 34 heavy (non-hydrogen) atoms. The van der Waals surface area contributed by atoms with E-state index in [0.717, 1.165) is 0 Å². The van der Waals surface area contributed by atoms with Crippen LogP contribution in [0.5, 0.6) is 28.7 Å². The Hall–Kier alpha value is -3.78. The maximum atomic E-state index is 12.1. The molecule has 11 N–H and O–H groups in total. The lowest BCUT2D eigenvalue weighted by atomic mass is 10.1. The summed E-state index contributed by atoms with van der Waals surface area (Å²) in [5.41, 5.74) is 6.84. The van der Waals surface area contributed by atoms with E-state index in [4.69, 9.17) is 5.73 Å². The number of carbonyl (C=O) groups is 1. The van der Waals surface area contributed by atoms with Gasteiger partial charge in [-0.15, -0.1) is 11.3 Å². The van der Waals surface area contributed by atoms with Crippen LogP contribution in [0.4, 0.5) is 10.8 Å². The molecule has 0 bridgehead atoms. The van der Waals surface area contributed by atoms with Gasteiger partial charge < -0.3 is 46.8 Å². The van der Waals surface area contributed by atoms with Crippen LogP contribution in [-0.2, 0) is 24.1 Å². The number of nitrogens with two attached hydrogens (primary N) is 1. The number of carbonyl (C=O) groups excluding carboxylic acids is 1. The molecule has 3 rings (SSSR count). The highest BCUT2D eigenvalue weighted by Crippen LogP contribution is 2.50. The molecule has 2 aromatic carbocycles. The third-order valence-electron chi connectivity index (χ3n) is 4.85. The van der Waals surface area contributed by atoms with Gasteiger partial charge in [-0.1, -0.05) is 12.1 Å². The fourth-order valence-corrected chi connectivity index (χ4v) is 3.75. The van der Waals surface area contributed by atoms with Crippen molar-refractivity contribution in [1.29, 1.82) is 0 Å². The smallest absolute Gasteiger partial charge is 0.230 e. The van der Waals surface area contributed by atoms with Crippen LogP contribution >= 0.6 is 11.3 Å². The van der Waals surface area contributed by atoms with Crippen molar-refractivity contribution in [2.45, 2.75) is 25.2 Å². The first-order chi connectivity index (χ1) is 16.0. The van der Waals surface area contributed by atoms with Gasteiger partial charge in [0.15, 0.2) is 16.6 Å². The lowest BCUT2D eigenvalue weighted by Crippen LogP contribution is -2.47. The minimum atomic E-state index is -2.37. The molecule has 0 fully saturated rings. The molecule has 0 aliphatic carbocycles. The maximum Gasteiger partial charge on any atom is 0.230 e. The van der Waals surface area contributed by atoms with E-state index >= 15 is 0 Å². The fourth-order valence-electron chi connectivity index (χ4n) is 3.19. The summed E-state index contributed by atoms with van der Waals surface area (Å²) in [6.45, 7) is -0.187. The molecule has 1 aromatic heterocycles. The molecular formula is C21H24N4O8S. The summed E-state index contributed by atoms with van der Waals surface area (Å²) in [4.78, 5) is 16.1. The van der Waals surface area contributed by atoms with Gasteiger partial charge in [-0.2, -0.15) is 0 Å². The Labute approximate surface area is 197 Å². The number of aromatic hydroxyl groups is 5. The van der Waals surface area contributed by atoms with Crippen molar-refractivity contribution in [2.75, 3.05) is 17.6 Å². The molecule has 3 aromatic rings. The van der Waals surface area contributed by atoms with Gasteiger partial charge in [0.2, 0.25) is 29.1 Å². The number of hydrogen-bond donors (Lipinski definition) is 10. The van der Waals surface area contributed by atoms with Gasteiger partial charge in [0.1, 0.15) is 0 Å². The predicted molar refractivity (Wildman–Crippen MR) is 123 cm³/mol. The van der Waals surface area contributed by atoms with E-state index in [1.807, 2.05) is 0 Å². The molecule has 0 spiro atoms. The zero-order valence-electron chi connectivity index (χ0n) is 17.7. The molecule has 0 radical (unpaired) electrons. The van der Waals surface area contributed by atoms with Crippen molar-refractivity contribution < 1.29 is 40.5 Å². The third-order valence-corrected chi connectivity index (χ3v) is 5.57. The molecule has 0 unspecified atom stereocenters. The van der Waals surface area contributed by atoms with Crippen molar-refractivity contribution in [3.8, 4) is 28.7 Å². The maximum absolute atomic E-state index is 12.1. The number of thiazole rings is 1. The van der Waals surface area contributed by atoms with Crippen LogP contribution in [0.3, 0.4) is 0 Å². The number of phenols is 5. The number of hydrogen-bond acceptors (Lipinski definition) is 12. The lowest BCUT2D eigenvalue weighted by molar-refractivity contribution is -0.183. The molecule has 13 heteroatoms. The van der Waals surface area contributed by atoms with E-state index in [1.165, 1.54) is 11.3 Å². The van der Waals surface area contributed by atoms with E-state index < -0.39 is 34.7 Å². The average Bonchev–Trinajstić information content (AvgIpc) is 3.18. The standard InChI is InChI=1S/C21H24N4O8S/c22-20-25-12(9-34-20)7-14(26)24-11-3-1-10(2-4-11)8-21(32,33)23-6-5-13-15(27)17(29)19(31)18(30)16(13)28/h1-4,9,23,27-33H,5-8H2,(H2,22,25)(H,24,26). The number of nitrogens with one attached hydrogen (secondary N) is 2. The summed E-state index contributed by atoms with van der Waals surface area (Å²) in [6, 6.07) is 6.37. The summed E-state index contributed by atoms with van der Waals surface area (Å²) in [7, 11) is 0. The van der Waals surface area contributed by atoms with E-state index in [9.17, 15) is 40.5 Å². The lowest BCUT2D eigenvalue weighted by Gasteiger charge is -2.23. The van der Waals surface area contributed by atoms with Crippen LogP contribution in [0.25, 0.3) is 0 Å². The predicted octanol–water partition coefficient (Wildman–Crippen LogP) is 0.448.